The summed E-state index contributed by atoms with van der Waals surface area (Å²) in [5.41, 5.74) is 7.56. The molecule has 5 heteroatoms. The zero-order valence-corrected chi connectivity index (χ0v) is 10.6. The lowest BCUT2D eigenvalue weighted by atomic mass is 9.97. The maximum atomic E-state index is 6.25. The zero-order valence-electron chi connectivity index (χ0n) is 10.6. The van der Waals surface area contributed by atoms with Crippen molar-refractivity contribution in [2.75, 3.05) is 0 Å². The number of rotatable bonds is 3. The molecule has 1 aliphatic rings. The number of nitrogens with zero attached hydrogens (tertiary/aromatic N) is 3. The fraction of sp³-hybridized carbons (Fsp3) is 0.462. The maximum absolute atomic E-state index is 6.25. The van der Waals surface area contributed by atoms with E-state index in [0.717, 1.165) is 24.1 Å². The Bertz CT molecular complexity index is 572. The lowest BCUT2D eigenvalue weighted by Gasteiger charge is -2.18. The van der Waals surface area contributed by atoms with Crippen LogP contribution in [0.25, 0.3) is 11.5 Å². The maximum Gasteiger partial charge on any atom is 0.247 e. The van der Waals surface area contributed by atoms with Crippen LogP contribution in [0, 0.1) is 12.8 Å². The van der Waals surface area contributed by atoms with Crippen LogP contribution in [0.15, 0.2) is 22.9 Å². The molecule has 1 fully saturated rings. The molecular weight excluding hydrogens is 228 g/mol. The predicted octanol–water partition coefficient (Wildman–Crippen LogP) is 2.02. The molecular formula is C13H16N4O. The number of aromatic nitrogens is 3. The molecule has 0 radical (unpaired) electrons. The molecule has 2 heterocycles. The minimum atomic E-state index is -0.519. The first kappa shape index (κ1) is 11.3. The Kier molecular flexibility index (Phi) is 2.45. The van der Waals surface area contributed by atoms with Crippen molar-refractivity contribution in [3.8, 4) is 11.5 Å². The van der Waals surface area contributed by atoms with Gasteiger partial charge in [0, 0.05) is 6.20 Å². The Morgan fingerprint density at radius 3 is 2.89 bits per heavy atom. The third-order valence-electron chi connectivity index (χ3n) is 3.46. The summed E-state index contributed by atoms with van der Waals surface area (Å²) in [4.78, 5) is 8.63. The van der Waals surface area contributed by atoms with Crippen molar-refractivity contribution in [1.29, 1.82) is 0 Å². The third-order valence-corrected chi connectivity index (χ3v) is 3.46. The van der Waals surface area contributed by atoms with Gasteiger partial charge in [-0.3, -0.25) is 4.98 Å². The lowest BCUT2D eigenvalue weighted by molar-refractivity contribution is 0.273. The standard InChI is InChI=1S/C13H16N4O/c1-8-5-6-15-10(7-8)11-16-12(18-17-11)13(2,14)9-3-4-9/h5-7,9H,3-4,14H2,1-2H3. The van der Waals surface area contributed by atoms with E-state index in [1.807, 2.05) is 26.0 Å². The largest absolute Gasteiger partial charge is 0.337 e. The van der Waals surface area contributed by atoms with Gasteiger partial charge in [-0.15, -0.1) is 0 Å². The van der Waals surface area contributed by atoms with E-state index in [9.17, 15) is 0 Å². The van der Waals surface area contributed by atoms with Crippen molar-refractivity contribution in [1.82, 2.24) is 15.1 Å². The highest BCUT2D eigenvalue weighted by Gasteiger charge is 2.43. The molecule has 18 heavy (non-hydrogen) atoms. The second-order valence-corrected chi connectivity index (χ2v) is 5.20. The van der Waals surface area contributed by atoms with Crippen molar-refractivity contribution < 1.29 is 4.52 Å². The van der Waals surface area contributed by atoms with Gasteiger partial charge in [-0.2, -0.15) is 4.98 Å². The van der Waals surface area contributed by atoms with E-state index in [1.54, 1.807) is 6.20 Å². The van der Waals surface area contributed by atoms with Crippen molar-refractivity contribution in [2.24, 2.45) is 11.7 Å². The van der Waals surface area contributed by atoms with E-state index in [4.69, 9.17) is 10.3 Å². The van der Waals surface area contributed by atoms with Crippen molar-refractivity contribution in [2.45, 2.75) is 32.2 Å². The number of hydrogen-bond acceptors (Lipinski definition) is 5. The van der Waals surface area contributed by atoms with E-state index in [2.05, 4.69) is 15.1 Å². The first-order valence-electron chi connectivity index (χ1n) is 6.13. The minimum Gasteiger partial charge on any atom is -0.337 e. The smallest absolute Gasteiger partial charge is 0.247 e. The first-order valence-corrected chi connectivity index (χ1v) is 6.13. The van der Waals surface area contributed by atoms with Gasteiger partial charge in [0.2, 0.25) is 11.7 Å². The molecule has 0 amide bonds. The molecule has 3 rings (SSSR count). The van der Waals surface area contributed by atoms with Crippen LogP contribution in [-0.4, -0.2) is 15.1 Å². The summed E-state index contributed by atoms with van der Waals surface area (Å²) >= 11 is 0. The second kappa shape index (κ2) is 3.88. The first-order chi connectivity index (χ1) is 8.57. The highest BCUT2D eigenvalue weighted by Crippen LogP contribution is 2.43. The fourth-order valence-corrected chi connectivity index (χ4v) is 2.06. The molecule has 0 aliphatic heterocycles. The van der Waals surface area contributed by atoms with E-state index < -0.39 is 5.54 Å². The zero-order chi connectivity index (χ0) is 12.8. The van der Waals surface area contributed by atoms with Gasteiger partial charge >= 0.3 is 0 Å². The summed E-state index contributed by atoms with van der Waals surface area (Å²) in [7, 11) is 0. The Hall–Kier alpha value is -1.75. The summed E-state index contributed by atoms with van der Waals surface area (Å²) in [6, 6.07) is 3.86. The average molecular weight is 244 g/mol. The Labute approximate surface area is 105 Å². The van der Waals surface area contributed by atoms with Gasteiger partial charge in [0.05, 0.1) is 5.54 Å². The van der Waals surface area contributed by atoms with E-state index in [0.29, 0.717) is 17.6 Å². The molecule has 0 bridgehead atoms. The quantitative estimate of drug-likeness (QED) is 0.893. The van der Waals surface area contributed by atoms with E-state index in [-0.39, 0.29) is 0 Å². The highest BCUT2D eigenvalue weighted by atomic mass is 16.5. The molecule has 1 aliphatic carbocycles. The molecule has 0 spiro atoms. The van der Waals surface area contributed by atoms with Crippen LogP contribution in [0.1, 0.15) is 31.2 Å². The SMILES string of the molecule is Cc1ccnc(-c2noc(C(C)(N)C3CC3)n2)c1. The van der Waals surface area contributed by atoms with Crippen LogP contribution >= 0.6 is 0 Å². The highest BCUT2D eigenvalue weighted by molar-refractivity contribution is 5.49. The molecule has 94 valence electrons. The van der Waals surface area contributed by atoms with Gasteiger partial charge in [-0.1, -0.05) is 5.16 Å². The Morgan fingerprint density at radius 2 is 2.22 bits per heavy atom. The van der Waals surface area contributed by atoms with Gasteiger partial charge in [-0.05, 0) is 50.3 Å². The summed E-state index contributed by atoms with van der Waals surface area (Å²) in [6.45, 7) is 3.95. The molecule has 1 saturated carbocycles. The second-order valence-electron chi connectivity index (χ2n) is 5.20. The summed E-state index contributed by atoms with van der Waals surface area (Å²) < 4.78 is 5.30. The fourth-order valence-electron chi connectivity index (χ4n) is 2.06. The number of hydrogen-bond donors (Lipinski definition) is 1. The van der Waals surface area contributed by atoms with Gasteiger partial charge in [0.25, 0.3) is 0 Å². The van der Waals surface area contributed by atoms with Gasteiger partial charge < -0.3 is 10.3 Å². The van der Waals surface area contributed by atoms with Gasteiger partial charge in [-0.25, -0.2) is 0 Å². The lowest BCUT2D eigenvalue weighted by Crippen LogP contribution is -2.35. The molecule has 0 aromatic carbocycles. The Morgan fingerprint density at radius 1 is 1.44 bits per heavy atom. The number of aryl methyl sites for hydroxylation is 1. The number of pyridine rings is 1. The third kappa shape index (κ3) is 1.90. The monoisotopic (exact) mass is 244 g/mol. The molecule has 5 nitrogen and oxygen atoms in total. The molecule has 2 aromatic rings. The topological polar surface area (TPSA) is 77.8 Å². The Balaban J connectivity index is 1.94. The van der Waals surface area contributed by atoms with Crippen molar-refractivity contribution in [3.05, 3.63) is 29.8 Å². The van der Waals surface area contributed by atoms with Crippen LogP contribution in [-0.2, 0) is 5.54 Å². The van der Waals surface area contributed by atoms with Crippen LogP contribution in [0.2, 0.25) is 0 Å². The van der Waals surface area contributed by atoms with Crippen LogP contribution < -0.4 is 5.73 Å². The molecule has 2 aromatic heterocycles. The van der Waals surface area contributed by atoms with Gasteiger partial charge in [0.15, 0.2) is 0 Å². The normalized spacial score (nSPS) is 18.6. The van der Waals surface area contributed by atoms with Crippen molar-refractivity contribution >= 4 is 0 Å². The minimum absolute atomic E-state index is 0.455. The predicted molar refractivity (Wildman–Crippen MR) is 66.5 cm³/mol. The van der Waals surface area contributed by atoms with Crippen LogP contribution in [0.3, 0.4) is 0 Å². The van der Waals surface area contributed by atoms with E-state index >= 15 is 0 Å². The van der Waals surface area contributed by atoms with Crippen LogP contribution in [0.5, 0.6) is 0 Å². The van der Waals surface area contributed by atoms with Crippen LogP contribution in [0.4, 0.5) is 0 Å². The molecule has 0 saturated heterocycles. The summed E-state index contributed by atoms with van der Waals surface area (Å²) in [6.07, 6.45) is 4.00. The summed E-state index contributed by atoms with van der Waals surface area (Å²) in [5, 5.41) is 3.98. The summed E-state index contributed by atoms with van der Waals surface area (Å²) in [5.74, 6) is 1.46. The number of nitrogens with two attached hydrogens (primary N) is 1. The van der Waals surface area contributed by atoms with Crippen molar-refractivity contribution in [3.63, 3.8) is 0 Å². The molecule has 1 unspecified atom stereocenters. The van der Waals surface area contributed by atoms with E-state index in [1.165, 1.54) is 0 Å². The van der Waals surface area contributed by atoms with Gasteiger partial charge in [0.1, 0.15) is 5.69 Å². The molecule has 1 atom stereocenters. The molecule has 2 N–H and O–H groups in total. The average Bonchev–Trinajstić information content (AvgIpc) is 3.07.